The Labute approximate surface area is 176 Å². The summed E-state index contributed by atoms with van der Waals surface area (Å²) in [6, 6.07) is 11.8. The highest BCUT2D eigenvalue weighted by molar-refractivity contribution is 7.98. The molecule has 0 aliphatic carbocycles. The number of carbonyl (C=O) groups is 2. The monoisotopic (exact) mass is 427 g/mol. The first kappa shape index (κ1) is 21.3. The van der Waals surface area contributed by atoms with Crippen LogP contribution in [0.3, 0.4) is 0 Å². The van der Waals surface area contributed by atoms with E-state index in [1.54, 1.807) is 37.4 Å². The predicted molar refractivity (Wildman–Crippen MR) is 111 cm³/mol. The minimum absolute atomic E-state index is 0.0508. The van der Waals surface area contributed by atoms with E-state index in [2.05, 4.69) is 15.3 Å². The topological polar surface area (TPSA) is 90.4 Å². The molecule has 0 bridgehead atoms. The zero-order valence-electron chi connectivity index (χ0n) is 16.2. The van der Waals surface area contributed by atoms with Gasteiger partial charge in [-0.05, 0) is 49.6 Å². The van der Waals surface area contributed by atoms with Crippen LogP contribution in [0.5, 0.6) is 11.6 Å². The molecule has 0 radical (unpaired) electrons. The molecule has 7 nitrogen and oxygen atoms in total. The van der Waals surface area contributed by atoms with E-state index in [0.29, 0.717) is 22.2 Å². The van der Waals surface area contributed by atoms with Gasteiger partial charge >= 0.3 is 5.97 Å². The number of hydrogen-bond donors (Lipinski definition) is 1. The second-order valence-electron chi connectivity index (χ2n) is 5.89. The number of anilines is 1. The van der Waals surface area contributed by atoms with Gasteiger partial charge in [-0.3, -0.25) is 4.79 Å². The number of benzene rings is 2. The summed E-state index contributed by atoms with van der Waals surface area (Å²) in [5, 5.41) is 3.14. The molecule has 0 saturated heterocycles. The Morgan fingerprint density at radius 2 is 1.93 bits per heavy atom. The number of rotatable bonds is 7. The van der Waals surface area contributed by atoms with E-state index in [9.17, 15) is 14.0 Å². The lowest BCUT2D eigenvalue weighted by Crippen LogP contribution is -2.12. The smallest absolute Gasteiger partial charge is 0.345 e. The van der Waals surface area contributed by atoms with Gasteiger partial charge in [-0.2, -0.15) is 4.98 Å². The molecule has 0 aliphatic rings. The van der Waals surface area contributed by atoms with Gasteiger partial charge < -0.3 is 14.8 Å². The fourth-order valence-electron chi connectivity index (χ4n) is 2.43. The molecule has 0 aliphatic heterocycles. The molecule has 1 amide bonds. The quantitative estimate of drug-likeness (QED) is 0.336. The van der Waals surface area contributed by atoms with Gasteiger partial charge in [-0.25, -0.2) is 14.2 Å². The third kappa shape index (κ3) is 5.32. The van der Waals surface area contributed by atoms with Gasteiger partial charge in [-0.1, -0.05) is 17.8 Å². The number of nitrogens with zero attached hydrogens (tertiary/aromatic N) is 2. The average Bonchev–Trinajstić information content (AvgIpc) is 2.74. The van der Waals surface area contributed by atoms with Gasteiger partial charge in [0.1, 0.15) is 17.1 Å². The maximum absolute atomic E-state index is 13.0. The standard InChI is InChI=1S/C21H18FN3O4S/c1-3-28-20(27)17-12-23-21(30-2)25-19(17)29-16-6-4-5-15(11-16)24-18(26)13-7-9-14(22)10-8-13/h4-12H,3H2,1-2H3,(H,24,26). The lowest BCUT2D eigenvalue weighted by Gasteiger charge is -2.11. The number of ether oxygens (including phenoxy) is 2. The van der Waals surface area contributed by atoms with Gasteiger partial charge in [0.2, 0.25) is 5.88 Å². The van der Waals surface area contributed by atoms with E-state index in [1.165, 1.54) is 42.2 Å². The van der Waals surface area contributed by atoms with Gasteiger partial charge in [0.25, 0.3) is 5.91 Å². The van der Waals surface area contributed by atoms with Gasteiger partial charge in [0, 0.05) is 23.5 Å². The number of amides is 1. The summed E-state index contributed by atoms with van der Waals surface area (Å²) >= 11 is 1.30. The predicted octanol–water partition coefficient (Wildman–Crippen LogP) is 4.56. The van der Waals surface area contributed by atoms with Gasteiger partial charge in [0.05, 0.1) is 6.61 Å². The normalized spacial score (nSPS) is 10.4. The number of thioether (sulfide) groups is 1. The maximum Gasteiger partial charge on any atom is 0.345 e. The first-order valence-electron chi connectivity index (χ1n) is 8.93. The number of halogens is 1. The molecule has 1 heterocycles. The molecule has 0 fully saturated rings. The molecule has 1 N–H and O–H groups in total. The van der Waals surface area contributed by atoms with Crippen LogP contribution >= 0.6 is 11.8 Å². The average molecular weight is 427 g/mol. The van der Waals surface area contributed by atoms with Crippen molar-refractivity contribution < 1.29 is 23.5 Å². The van der Waals surface area contributed by atoms with Crippen molar-refractivity contribution >= 4 is 29.3 Å². The molecule has 0 saturated carbocycles. The molecule has 9 heteroatoms. The second-order valence-corrected chi connectivity index (χ2v) is 6.66. The number of hydrogen-bond acceptors (Lipinski definition) is 7. The molecule has 0 spiro atoms. The SMILES string of the molecule is CCOC(=O)c1cnc(SC)nc1Oc1cccc(NC(=O)c2ccc(F)cc2)c1. The van der Waals surface area contributed by atoms with Crippen molar-refractivity contribution in [3.8, 4) is 11.6 Å². The summed E-state index contributed by atoms with van der Waals surface area (Å²) in [6.45, 7) is 1.90. The Morgan fingerprint density at radius 3 is 2.63 bits per heavy atom. The van der Waals surface area contributed by atoms with E-state index in [1.807, 2.05) is 0 Å². The number of esters is 1. The zero-order chi connectivity index (χ0) is 21.5. The second kappa shape index (κ2) is 9.84. The Hall–Kier alpha value is -3.46. The highest BCUT2D eigenvalue weighted by Crippen LogP contribution is 2.27. The maximum atomic E-state index is 13.0. The fraction of sp³-hybridized carbons (Fsp3) is 0.143. The fourth-order valence-corrected chi connectivity index (χ4v) is 2.76. The van der Waals surface area contributed by atoms with Gasteiger partial charge in [0.15, 0.2) is 5.16 Å². The van der Waals surface area contributed by atoms with Crippen LogP contribution in [0.15, 0.2) is 59.9 Å². The van der Waals surface area contributed by atoms with Crippen molar-refractivity contribution in [1.82, 2.24) is 9.97 Å². The van der Waals surface area contributed by atoms with Crippen LogP contribution in [0.4, 0.5) is 10.1 Å². The van der Waals surface area contributed by atoms with E-state index >= 15 is 0 Å². The molecule has 3 rings (SSSR count). The zero-order valence-corrected chi connectivity index (χ0v) is 17.0. The highest BCUT2D eigenvalue weighted by atomic mass is 32.2. The summed E-state index contributed by atoms with van der Waals surface area (Å²) in [4.78, 5) is 32.8. The number of carbonyl (C=O) groups excluding carboxylic acids is 2. The summed E-state index contributed by atoms with van der Waals surface area (Å²) in [7, 11) is 0. The number of nitrogens with one attached hydrogen (secondary N) is 1. The Kier molecular flexibility index (Phi) is 6.97. The first-order chi connectivity index (χ1) is 14.5. The van der Waals surface area contributed by atoms with E-state index in [-0.39, 0.29) is 18.1 Å². The molecule has 154 valence electrons. The van der Waals surface area contributed by atoms with E-state index < -0.39 is 17.7 Å². The van der Waals surface area contributed by atoms with Crippen LogP contribution < -0.4 is 10.1 Å². The van der Waals surface area contributed by atoms with Crippen LogP contribution in [-0.4, -0.2) is 34.7 Å². The van der Waals surface area contributed by atoms with Gasteiger partial charge in [-0.15, -0.1) is 0 Å². The van der Waals surface area contributed by atoms with Crippen LogP contribution in [0.1, 0.15) is 27.6 Å². The largest absolute Gasteiger partial charge is 0.462 e. The van der Waals surface area contributed by atoms with Crippen molar-refractivity contribution in [3.63, 3.8) is 0 Å². The summed E-state index contributed by atoms with van der Waals surface area (Å²) in [5.41, 5.74) is 0.863. The molecule has 0 unspecified atom stereocenters. The van der Waals surface area contributed by atoms with Crippen LogP contribution in [0.2, 0.25) is 0 Å². The van der Waals surface area contributed by atoms with Crippen LogP contribution in [0, 0.1) is 5.82 Å². The Balaban J connectivity index is 1.82. The van der Waals surface area contributed by atoms with Crippen LogP contribution in [0.25, 0.3) is 0 Å². The highest BCUT2D eigenvalue weighted by Gasteiger charge is 2.18. The minimum Gasteiger partial charge on any atom is -0.462 e. The Morgan fingerprint density at radius 1 is 1.17 bits per heavy atom. The summed E-state index contributed by atoms with van der Waals surface area (Å²) < 4.78 is 23.9. The molecule has 3 aromatic rings. The molecular formula is C21H18FN3O4S. The van der Waals surface area contributed by atoms with E-state index in [0.717, 1.165) is 0 Å². The third-order valence-electron chi connectivity index (χ3n) is 3.82. The van der Waals surface area contributed by atoms with Crippen molar-refractivity contribution in [1.29, 1.82) is 0 Å². The summed E-state index contributed by atoms with van der Waals surface area (Å²) in [6.07, 6.45) is 3.15. The summed E-state index contributed by atoms with van der Waals surface area (Å²) in [5.74, 6) is -1.01. The number of aromatic nitrogens is 2. The van der Waals surface area contributed by atoms with Crippen molar-refractivity contribution in [3.05, 3.63) is 71.7 Å². The van der Waals surface area contributed by atoms with Crippen LogP contribution in [-0.2, 0) is 4.74 Å². The van der Waals surface area contributed by atoms with Crippen molar-refractivity contribution in [2.24, 2.45) is 0 Å². The molecule has 1 aromatic heterocycles. The first-order valence-corrected chi connectivity index (χ1v) is 10.2. The van der Waals surface area contributed by atoms with Crippen molar-refractivity contribution in [2.75, 3.05) is 18.2 Å². The lowest BCUT2D eigenvalue weighted by atomic mass is 10.2. The molecule has 30 heavy (non-hydrogen) atoms. The Bertz CT molecular complexity index is 1060. The third-order valence-corrected chi connectivity index (χ3v) is 4.38. The minimum atomic E-state index is -0.596. The van der Waals surface area contributed by atoms with E-state index in [4.69, 9.17) is 9.47 Å². The molecular weight excluding hydrogens is 409 g/mol. The molecule has 0 atom stereocenters. The van der Waals surface area contributed by atoms with Crippen molar-refractivity contribution in [2.45, 2.75) is 12.1 Å². The molecule has 2 aromatic carbocycles. The lowest BCUT2D eigenvalue weighted by molar-refractivity contribution is 0.0521.